The highest BCUT2D eigenvalue weighted by molar-refractivity contribution is 6.30. The zero-order chi connectivity index (χ0) is 7.86. The second kappa shape index (κ2) is 7.42. The van der Waals surface area contributed by atoms with Gasteiger partial charge in [-0.3, -0.25) is 0 Å². The SMILES string of the molecule is C=CC(=C)C.OB(O)O. The number of rotatable bonds is 1. The van der Waals surface area contributed by atoms with E-state index in [1.807, 2.05) is 6.92 Å². The fourth-order valence-electron chi connectivity index (χ4n) is 0. The lowest BCUT2D eigenvalue weighted by Crippen LogP contribution is -2.07. The van der Waals surface area contributed by atoms with Gasteiger partial charge < -0.3 is 15.1 Å². The van der Waals surface area contributed by atoms with Crippen molar-refractivity contribution in [1.29, 1.82) is 0 Å². The maximum Gasteiger partial charge on any atom is 0.631 e. The minimum Gasteiger partial charge on any atom is -0.402 e. The topological polar surface area (TPSA) is 60.7 Å². The lowest BCUT2D eigenvalue weighted by molar-refractivity contribution is 0.278. The molecule has 52 valence electrons. The van der Waals surface area contributed by atoms with Crippen LogP contribution in [0.5, 0.6) is 0 Å². The Morgan fingerprint density at radius 1 is 1.44 bits per heavy atom. The average Bonchev–Trinajstić information content (AvgIpc) is 1.65. The fourth-order valence-corrected chi connectivity index (χ4v) is 0. The third-order valence-corrected chi connectivity index (χ3v) is 0.348. The summed E-state index contributed by atoms with van der Waals surface area (Å²) in [4.78, 5) is 0. The summed E-state index contributed by atoms with van der Waals surface area (Å²) in [6.07, 6.45) is 1.72. The molecular weight excluding hydrogens is 119 g/mol. The predicted octanol–water partition coefficient (Wildman–Crippen LogP) is -0.303. The van der Waals surface area contributed by atoms with E-state index in [0.717, 1.165) is 5.57 Å². The van der Waals surface area contributed by atoms with Crippen LogP contribution in [-0.4, -0.2) is 22.4 Å². The van der Waals surface area contributed by atoms with Gasteiger partial charge in [0, 0.05) is 0 Å². The second-order valence-electron chi connectivity index (χ2n) is 1.40. The minimum absolute atomic E-state index is 1.02. The Kier molecular flexibility index (Phi) is 9.28. The molecule has 0 fully saturated rings. The molecule has 9 heavy (non-hydrogen) atoms. The van der Waals surface area contributed by atoms with Crippen LogP contribution >= 0.6 is 0 Å². The zero-order valence-electron chi connectivity index (χ0n) is 5.41. The zero-order valence-corrected chi connectivity index (χ0v) is 5.41. The summed E-state index contributed by atoms with van der Waals surface area (Å²) >= 11 is 0. The standard InChI is InChI=1S/C5H8.BH3O3/c1-4-5(2)3;2-1(3)4/h4H,1-2H2,3H3;2-4H. The quantitative estimate of drug-likeness (QED) is 0.337. The Bertz CT molecular complexity index is 87.4. The van der Waals surface area contributed by atoms with Crippen LogP contribution in [0.1, 0.15) is 6.92 Å². The number of allylic oxidation sites excluding steroid dienone is 2. The first kappa shape index (κ1) is 11.3. The monoisotopic (exact) mass is 130 g/mol. The molecule has 0 rings (SSSR count). The molecule has 0 saturated heterocycles. The van der Waals surface area contributed by atoms with Crippen LogP contribution in [0.3, 0.4) is 0 Å². The predicted molar refractivity (Wildman–Crippen MR) is 37.4 cm³/mol. The van der Waals surface area contributed by atoms with E-state index < -0.39 is 7.32 Å². The van der Waals surface area contributed by atoms with Gasteiger partial charge in [0.2, 0.25) is 0 Å². The normalized spacial score (nSPS) is 6.67. The molecule has 0 aromatic carbocycles. The fraction of sp³-hybridized carbons (Fsp3) is 0.200. The summed E-state index contributed by atoms with van der Waals surface area (Å²) < 4.78 is 0. The second-order valence-corrected chi connectivity index (χ2v) is 1.40. The highest BCUT2D eigenvalue weighted by atomic mass is 16.5. The van der Waals surface area contributed by atoms with E-state index in [9.17, 15) is 0 Å². The maximum absolute atomic E-state index is 7.17. The largest absolute Gasteiger partial charge is 0.631 e. The highest BCUT2D eigenvalue weighted by Crippen LogP contribution is 1.81. The van der Waals surface area contributed by atoms with E-state index >= 15 is 0 Å². The molecule has 0 saturated carbocycles. The van der Waals surface area contributed by atoms with Crippen molar-refractivity contribution in [2.75, 3.05) is 0 Å². The summed E-state index contributed by atoms with van der Waals surface area (Å²) in [5, 5.41) is 21.5. The van der Waals surface area contributed by atoms with Crippen molar-refractivity contribution in [3.8, 4) is 0 Å². The molecule has 3 nitrogen and oxygen atoms in total. The lowest BCUT2D eigenvalue weighted by atomic mass is 10.3. The van der Waals surface area contributed by atoms with Gasteiger partial charge >= 0.3 is 7.32 Å². The Morgan fingerprint density at radius 2 is 1.56 bits per heavy atom. The molecule has 0 aliphatic carbocycles. The van der Waals surface area contributed by atoms with E-state index in [2.05, 4.69) is 13.2 Å². The number of hydrogen-bond acceptors (Lipinski definition) is 3. The first-order valence-corrected chi connectivity index (χ1v) is 2.33. The van der Waals surface area contributed by atoms with E-state index in [4.69, 9.17) is 15.1 Å². The molecule has 0 radical (unpaired) electrons. The van der Waals surface area contributed by atoms with Crippen molar-refractivity contribution in [3.63, 3.8) is 0 Å². The molecule has 0 aromatic heterocycles. The molecule has 0 spiro atoms. The van der Waals surface area contributed by atoms with Crippen molar-refractivity contribution < 1.29 is 15.1 Å². The molecule has 0 heterocycles. The van der Waals surface area contributed by atoms with Gasteiger partial charge in [0.1, 0.15) is 0 Å². The van der Waals surface area contributed by atoms with Gasteiger partial charge in [-0.05, 0) is 6.92 Å². The molecule has 0 unspecified atom stereocenters. The maximum atomic E-state index is 7.17. The summed E-state index contributed by atoms with van der Waals surface area (Å²) in [6.45, 7) is 8.93. The Hall–Kier alpha value is -0.575. The molecule has 0 aliphatic heterocycles. The minimum atomic E-state index is -2.17. The van der Waals surface area contributed by atoms with Crippen molar-refractivity contribution in [2.24, 2.45) is 0 Å². The van der Waals surface area contributed by atoms with Gasteiger partial charge in [0.25, 0.3) is 0 Å². The Morgan fingerprint density at radius 3 is 1.56 bits per heavy atom. The van der Waals surface area contributed by atoms with Crippen molar-refractivity contribution in [3.05, 3.63) is 24.8 Å². The molecular formula is C5H11BO3. The van der Waals surface area contributed by atoms with Gasteiger partial charge in [0.15, 0.2) is 0 Å². The molecule has 0 bridgehead atoms. The third-order valence-electron chi connectivity index (χ3n) is 0.348. The van der Waals surface area contributed by atoms with Gasteiger partial charge in [-0.25, -0.2) is 0 Å². The Labute approximate surface area is 55.1 Å². The van der Waals surface area contributed by atoms with Gasteiger partial charge in [-0.1, -0.05) is 24.8 Å². The van der Waals surface area contributed by atoms with E-state index in [-0.39, 0.29) is 0 Å². The summed E-state index contributed by atoms with van der Waals surface area (Å²) in [5.74, 6) is 0. The highest BCUT2D eigenvalue weighted by Gasteiger charge is 1.92. The molecule has 3 N–H and O–H groups in total. The van der Waals surface area contributed by atoms with Gasteiger partial charge in [-0.15, -0.1) is 0 Å². The first-order chi connectivity index (χ1) is 4.00. The lowest BCUT2D eigenvalue weighted by Gasteiger charge is -1.71. The van der Waals surface area contributed by atoms with Crippen molar-refractivity contribution in [1.82, 2.24) is 0 Å². The van der Waals surface area contributed by atoms with Gasteiger partial charge in [-0.2, -0.15) is 0 Å². The van der Waals surface area contributed by atoms with Crippen molar-refractivity contribution >= 4 is 7.32 Å². The van der Waals surface area contributed by atoms with Crippen LogP contribution in [0.4, 0.5) is 0 Å². The van der Waals surface area contributed by atoms with Crippen LogP contribution in [0, 0.1) is 0 Å². The van der Waals surface area contributed by atoms with E-state index in [1.54, 1.807) is 6.08 Å². The van der Waals surface area contributed by atoms with Crippen LogP contribution in [-0.2, 0) is 0 Å². The first-order valence-electron chi connectivity index (χ1n) is 2.33. The summed E-state index contributed by atoms with van der Waals surface area (Å²) in [5.41, 5.74) is 1.02. The average molecular weight is 130 g/mol. The van der Waals surface area contributed by atoms with Crippen LogP contribution < -0.4 is 0 Å². The van der Waals surface area contributed by atoms with E-state index in [0.29, 0.717) is 0 Å². The van der Waals surface area contributed by atoms with Gasteiger partial charge in [0.05, 0.1) is 0 Å². The van der Waals surface area contributed by atoms with Crippen LogP contribution in [0.2, 0.25) is 0 Å². The van der Waals surface area contributed by atoms with E-state index in [1.165, 1.54) is 0 Å². The smallest absolute Gasteiger partial charge is 0.402 e. The van der Waals surface area contributed by atoms with Crippen LogP contribution in [0.15, 0.2) is 24.8 Å². The number of hydrogen-bond donors (Lipinski definition) is 3. The molecule has 0 amide bonds. The molecule has 4 heteroatoms. The molecule has 0 aromatic rings. The summed E-state index contributed by atoms with van der Waals surface area (Å²) in [6, 6.07) is 0. The van der Waals surface area contributed by atoms with Crippen LogP contribution in [0.25, 0.3) is 0 Å². The molecule has 0 atom stereocenters. The third kappa shape index (κ3) is 108. The molecule has 0 aliphatic rings. The van der Waals surface area contributed by atoms with Crippen molar-refractivity contribution in [2.45, 2.75) is 6.92 Å². The summed E-state index contributed by atoms with van der Waals surface area (Å²) in [7, 11) is -2.17. The Balaban J connectivity index is 0.